The molecule has 0 radical (unpaired) electrons. The lowest BCUT2D eigenvalue weighted by Crippen LogP contribution is -2.36. The van der Waals surface area contributed by atoms with Crippen LogP contribution in [-0.2, 0) is 0 Å². The van der Waals surface area contributed by atoms with Gasteiger partial charge in [0.05, 0.1) is 11.6 Å². The van der Waals surface area contributed by atoms with Crippen LogP contribution < -0.4 is 5.38 Å². The third-order valence-corrected chi connectivity index (χ3v) is 3.82. The molecule has 0 aromatic carbocycles. The fourth-order valence-corrected chi connectivity index (χ4v) is 2.26. The molecule has 0 aliphatic rings. The minimum absolute atomic E-state index is 0.147. The molecule has 2 rings (SSSR count). The first-order valence-corrected chi connectivity index (χ1v) is 8.06. The van der Waals surface area contributed by atoms with Crippen LogP contribution in [0.3, 0.4) is 0 Å². The molecular weight excluding hydrogens is 194 g/mol. The van der Waals surface area contributed by atoms with E-state index >= 15 is 0 Å². The largest absolute Gasteiger partial charge is 0.506 e. The Kier molecular flexibility index (Phi) is 1.89. The van der Waals surface area contributed by atoms with Crippen LogP contribution in [0.4, 0.5) is 0 Å². The summed E-state index contributed by atoms with van der Waals surface area (Å²) in [6, 6.07) is 3.58. The lowest BCUT2D eigenvalue weighted by Gasteiger charge is -2.10. The number of pyridine rings is 1. The minimum atomic E-state index is -1.42. The van der Waals surface area contributed by atoms with E-state index in [4.69, 9.17) is 4.42 Å². The van der Waals surface area contributed by atoms with Gasteiger partial charge in [-0.05, 0) is 0 Å². The van der Waals surface area contributed by atoms with Crippen LogP contribution in [0.2, 0.25) is 19.6 Å². The van der Waals surface area contributed by atoms with Crippen LogP contribution in [0.15, 0.2) is 22.7 Å². The number of furan rings is 1. The van der Waals surface area contributed by atoms with Gasteiger partial charge < -0.3 is 9.52 Å². The van der Waals surface area contributed by atoms with Crippen LogP contribution in [0.1, 0.15) is 0 Å². The second-order valence-electron chi connectivity index (χ2n) is 4.44. The van der Waals surface area contributed by atoms with Crippen molar-refractivity contribution < 1.29 is 9.52 Å². The van der Waals surface area contributed by atoms with Crippen molar-refractivity contribution in [2.45, 2.75) is 19.6 Å². The number of nitrogens with zero attached hydrogens (tertiary/aromatic N) is 1. The van der Waals surface area contributed by atoms with Crippen LogP contribution in [0.5, 0.6) is 5.75 Å². The zero-order valence-corrected chi connectivity index (χ0v) is 9.53. The second-order valence-corrected chi connectivity index (χ2v) is 9.43. The van der Waals surface area contributed by atoms with E-state index in [-0.39, 0.29) is 5.75 Å². The molecule has 0 saturated carbocycles. The molecule has 0 bridgehead atoms. The maximum absolute atomic E-state index is 9.23. The van der Waals surface area contributed by atoms with Crippen LogP contribution in [-0.4, -0.2) is 18.2 Å². The topological polar surface area (TPSA) is 46.3 Å². The summed E-state index contributed by atoms with van der Waals surface area (Å²) in [6.45, 7) is 6.64. The molecule has 0 saturated heterocycles. The molecule has 0 fully saturated rings. The number of aromatic hydroxyl groups is 1. The minimum Gasteiger partial charge on any atom is -0.506 e. The highest BCUT2D eigenvalue weighted by Gasteiger charge is 2.21. The predicted octanol–water partition coefficient (Wildman–Crippen LogP) is 2.08. The predicted molar refractivity (Wildman–Crippen MR) is 58.7 cm³/mol. The van der Waals surface area contributed by atoms with E-state index in [1.54, 1.807) is 6.07 Å². The van der Waals surface area contributed by atoms with Crippen molar-refractivity contribution in [3.63, 3.8) is 0 Å². The number of fused-ring (bicyclic) bond motifs is 1. The first-order valence-electron chi connectivity index (χ1n) is 4.56. The molecule has 2 aromatic heterocycles. The molecule has 14 heavy (non-hydrogen) atoms. The number of hydrogen-bond acceptors (Lipinski definition) is 3. The Hall–Kier alpha value is -1.29. The summed E-state index contributed by atoms with van der Waals surface area (Å²) in [5.74, 6) is 0.147. The van der Waals surface area contributed by atoms with Gasteiger partial charge in [0.15, 0.2) is 5.58 Å². The smallest absolute Gasteiger partial charge is 0.155 e. The van der Waals surface area contributed by atoms with Gasteiger partial charge >= 0.3 is 0 Å². The van der Waals surface area contributed by atoms with Crippen LogP contribution in [0.25, 0.3) is 11.1 Å². The van der Waals surface area contributed by atoms with Gasteiger partial charge in [0.2, 0.25) is 0 Å². The molecule has 2 aromatic rings. The third-order valence-electron chi connectivity index (χ3n) is 2.09. The Balaban J connectivity index is 2.63. The van der Waals surface area contributed by atoms with E-state index in [1.165, 1.54) is 6.20 Å². The quantitative estimate of drug-likeness (QED) is 0.728. The third kappa shape index (κ3) is 1.53. The summed E-state index contributed by atoms with van der Waals surface area (Å²) in [4.78, 5) is 4.09. The summed E-state index contributed by atoms with van der Waals surface area (Å²) < 4.78 is 5.65. The molecule has 0 atom stereocenters. The van der Waals surface area contributed by atoms with Gasteiger partial charge in [0.1, 0.15) is 19.3 Å². The normalized spacial score (nSPS) is 12.2. The van der Waals surface area contributed by atoms with Crippen molar-refractivity contribution in [1.29, 1.82) is 0 Å². The Bertz CT molecular complexity index is 470. The summed E-state index contributed by atoms with van der Waals surface area (Å²) in [7, 11) is -1.42. The average molecular weight is 207 g/mol. The Morgan fingerprint density at radius 1 is 1.29 bits per heavy atom. The van der Waals surface area contributed by atoms with Gasteiger partial charge in [0, 0.05) is 12.1 Å². The highest BCUT2D eigenvalue weighted by molar-refractivity contribution is 6.87. The van der Waals surface area contributed by atoms with E-state index in [0.717, 1.165) is 10.9 Å². The molecule has 1 N–H and O–H groups in total. The van der Waals surface area contributed by atoms with Gasteiger partial charge in [-0.2, -0.15) is 0 Å². The zero-order chi connectivity index (χ0) is 10.3. The van der Waals surface area contributed by atoms with Gasteiger partial charge in [-0.3, -0.25) is 0 Å². The standard InChI is InChI=1S/C10H13NO2Si/c1-14(2,3)10-5-8-9(13-10)4-7(12)6-11-8/h4-6,12H,1-3H3. The zero-order valence-electron chi connectivity index (χ0n) is 8.53. The summed E-state index contributed by atoms with van der Waals surface area (Å²) in [6.07, 6.45) is 1.44. The van der Waals surface area contributed by atoms with Crippen molar-refractivity contribution in [2.24, 2.45) is 0 Å². The average Bonchev–Trinajstić information content (AvgIpc) is 2.45. The summed E-state index contributed by atoms with van der Waals surface area (Å²) in [5, 5.41) is 10.3. The van der Waals surface area contributed by atoms with Gasteiger partial charge in [-0.25, -0.2) is 4.98 Å². The van der Waals surface area contributed by atoms with E-state index in [1.807, 2.05) is 6.07 Å². The Morgan fingerprint density at radius 2 is 2.00 bits per heavy atom. The van der Waals surface area contributed by atoms with E-state index in [2.05, 4.69) is 24.6 Å². The van der Waals surface area contributed by atoms with Crippen molar-refractivity contribution in [2.75, 3.05) is 0 Å². The molecule has 3 nitrogen and oxygen atoms in total. The van der Waals surface area contributed by atoms with Crippen molar-refractivity contribution in [3.8, 4) is 5.75 Å². The van der Waals surface area contributed by atoms with Gasteiger partial charge in [0.25, 0.3) is 0 Å². The number of aromatic nitrogens is 1. The second kappa shape index (κ2) is 2.85. The van der Waals surface area contributed by atoms with E-state index < -0.39 is 8.07 Å². The van der Waals surface area contributed by atoms with Crippen molar-refractivity contribution in [3.05, 3.63) is 18.3 Å². The van der Waals surface area contributed by atoms with Crippen LogP contribution in [0, 0.1) is 0 Å². The molecular formula is C10H13NO2Si. The maximum atomic E-state index is 9.23. The highest BCUT2D eigenvalue weighted by atomic mass is 28.3. The van der Waals surface area contributed by atoms with E-state index in [9.17, 15) is 5.11 Å². The first kappa shape index (κ1) is 9.27. The molecule has 4 heteroatoms. The van der Waals surface area contributed by atoms with Gasteiger partial charge in [-0.1, -0.05) is 19.6 Å². The van der Waals surface area contributed by atoms with Crippen molar-refractivity contribution in [1.82, 2.24) is 4.98 Å². The molecule has 74 valence electrons. The Morgan fingerprint density at radius 3 is 2.64 bits per heavy atom. The lowest BCUT2D eigenvalue weighted by atomic mass is 10.4. The molecule has 0 spiro atoms. The monoisotopic (exact) mass is 207 g/mol. The first-order chi connectivity index (χ1) is 6.47. The molecule has 0 aliphatic heterocycles. The fourth-order valence-electron chi connectivity index (χ4n) is 1.28. The van der Waals surface area contributed by atoms with Crippen molar-refractivity contribution >= 4 is 24.6 Å². The van der Waals surface area contributed by atoms with E-state index in [0.29, 0.717) is 5.58 Å². The highest BCUT2D eigenvalue weighted by Crippen LogP contribution is 2.18. The fraction of sp³-hybridized carbons (Fsp3) is 0.300. The molecule has 2 heterocycles. The summed E-state index contributed by atoms with van der Waals surface area (Å²) in [5.41, 5.74) is 1.49. The van der Waals surface area contributed by atoms with Crippen LogP contribution >= 0.6 is 0 Å². The number of rotatable bonds is 1. The SMILES string of the molecule is C[Si](C)(C)c1cc2ncc(O)cc2o1. The Labute approximate surface area is 83.4 Å². The molecule has 0 amide bonds. The number of hydrogen-bond donors (Lipinski definition) is 1. The summed E-state index contributed by atoms with van der Waals surface area (Å²) >= 11 is 0. The molecule has 0 aliphatic carbocycles. The lowest BCUT2D eigenvalue weighted by molar-refractivity contribution is 0.472. The maximum Gasteiger partial charge on any atom is 0.155 e. The molecule has 0 unspecified atom stereocenters. The van der Waals surface area contributed by atoms with Gasteiger partial charge in [-0.15, -0.1) is 0 Å².